The van der Waals surface area contributed by atoms with Crippen molar-refractivity contribution in [1.82, 2.24) is 4.57 Å². The lowest BCUT2D eigenvalue weighted by Gasteiger charge is -2.07. The van der Waals surface area contributed by atoms with Crippen LogP contribution in [0.4, 0.5) is 5.69 Å². The molecule has 2 aromatic rings. The molecule has 0 saturated carbocycles. The van der Waals surface area contributed by atoms with E-state index in [1.165, 1.54) is 0 Å². The van der Waals surface area contributed by atoms with Crippen molar-refractivity contribution in [2.75, 3.05) is 11.6 Å². The van der Waals surface area contributed by atoms with Gasteiger partial charge in [-0.3, -0.25) is 4.79 Å². The summed E-state index contributed by atoms with van der Waals surface area (Å²) in [4.78, 5) is 13.1. The summed E-state index contributed by atoms with van der Waals surface area (Å²) in [5.41, 5.74) is 1.47. The maximum atomic E-state index is 12.0. The van der Waals surface area contributed by atoms with Gasteiger partial charge >= 0.3 is 0 Å². The van der Waals surface area contributed by atoms with Crippen molar-refractivity contribution in [1.29, 1.82) is 0 Å². The molecule has 0 aliphatic heterocycles. The summed E-state index contributed by atoms with van der Waals surface area (Å²) >= 11 is 1.65. The Kier molecular flexibility index (Phi) is 3.54. The first-order valence-corrected chi connectivity index (χ1v) is 6.50. The molecule has 1 aromatic carbocycles. The van der Waals surface area contributed by atoms with Crippen LogP contribution in [0.5, 0.6) is 0 Å². The van der Waals surface area contributed by atoms with Crippen LogP contribution in [0.15, 0.2) is 47.5 Å². The van der Waals surface area contributed by atoms with Gasteiger partial charge in [0.1, 0.15) is 5.69 Å². The molecular formula is C13H14N2OS. The van der Waals surface area contributed by atoms with Gasteiger partial charge in [0.2, 0.25) is 0 Å². The van der Waals surface area contributed by atoms with Gasteiger partial charge in [0.25, 0.3) is 5.91 Å². The molecule has 0 aliphatic carbocycles. The average molecular weight is 246 g/mol. The highest BCUT2D eigenvalue weighted by Crippen LogP contribution is 2.19. The first kappa shape index (κ1) is 11.8. The quantitative estimate of drug-likeness (QED) is 0.845. The van der Waals surface area contributed by atoms with Crippen LogP contribution in [-0.2, 0) is 7.05 Å². The second-order valence-corrected chi connectivity index (χ2v) is 4.57. The normalized spacial score (nSPS) is 10.2. The van der Waals surface area contributed by atoms with Crippen molar-refractivity contribution in [2.45, 2.75) is 4.90 Å². The molecular weight excluding hydrogens is 232 g/mol. The highest BCUT2D eigenvalue weighted by Gasteiger charge is 2.08. The predicted molar refractivity (Wildman–Crippen MR) is 71.6 cm³/mol. The van der Waals surface area contributed by atoms with Crippen molar-refractivity contribution >= 4 is 23.4 Å². The van der Waals surface area contributed by atoms with Crippen LogP contribution in [0.25, 0.3) is 0 Å². The number of benzene rings is 1. The van der Waals surface area contributed by atoms with E-state index in [2.05, 4.69) is 5.32 Å². The zero-order valence-electron chi connectivity index (χ0n) is 9.81. The minimum absolute atomic E-state index is 0.0873. The maximum Gasteiger partial charge on any atom is 0.272 e. The summed E-state index contributed by atoms with van der Waals surface area (Å²) < 4.78 is 1.80. The number of aryl methyl sites for hydroxylation is 1. The molecule has 0 spiro atoms. The summed E-state index contributed by atoms with van der Waals surface area (Å²) in [5, 5.41) is 2.89. The number of anilines is 1. The molecule has 3 nitrogen and oxygen atoms in total. The van der Waals surface area contributed by atoms with Crippen molar-refractivity contribution in [3.63, 3.8) is 0 Å². The van der Waals surface area contributed by atoms with Crippen molar-refractivity contribution in [2.24, 2.45) is 7.05 Å². The summed E-state index contributed by atoms with van der Waals surface area (Å²) in [6.45, 7) is 0. The highest BCUT2D eigenvalue weighted by atomic mass is 32.2. The SMILES string of the molecule is CSc1cccc(NC(=O)c2cccn2C)c1. The molecule has 0 radical (unpaired) electrons. The van der Waals surface area contributed by atoms with Crippen molar-refractivity contribution < 1.29 is 4.79 Å². The maximum absolute atomic E-state index is 12.0. The number of thioether (sulfide) groups is 1. The smallest absolute Gasteiger partial charge is 0.272 e. The third kappa shape index (κ3) is 2.71. The van der Waals surface area contributed by atoms with E-state index in [9.17, 15) is 4.79 Å². The molecule has 1 heterocycles. The first-order chi connectivity index (χ1) is 8.20. The monoisotopic (exact) mass is 246 g/mol. The average Bonchev–Trinajstić information content (AvgIpc) is 2.76. The number of aromatic nitrogens is 1. The minimum Gasteiger partial charge on any atom is -0.347 e. The number of carbonyl (C=O) groups is 1. The van der Waals surface area contributed by atoms with Gasteiger partial charge in [-0.2, -0.15) is 0 Å². The molecule has 0 atom stereocenters. The Morgan fingerprint density at radius 1 is 1.29 bits per heavy atom. The fourth-order valence-electron chi connectivity index (χ4n) is 1.59. The van der Waals surface area contributed by atoms with E-state index in [0.717, 1.165) is 10.6 Å². The zero-order valence-corrected chi connectivity index (χ0v) is 10.6. The Hall–Kier alpha value is -1.68. The lowest BCUT2D eigenvalue weighted by Crippen LogP contribution is -2.15. The van der Waals surface area contributed by atoms with Crippen LogP contribution < -0.4 is 5.32 Å². The van der Waals surface area contributed by atoms with E-state index in [-0.39, 0.29) is 5.91 Å². The van der Waals surface area contributed by atoms with Gasteiger partial charge in [-0.25, -0.2) is 0 Å². The molecule has 0 bridgehead atoms. The number of hydrogen-bond donors (Lipinski definition) is 1. The van der Waals surface area contributed by atoms with Gasteiger partial charge in [0, 0.05) is 23.8 Å². The molecule has 1 amide bonds. The Labute approximate surface area is 105 Å². The third-order valence-corrected chi connectivity index (χ3v) is 3.23. The molecule has 1 N–H and O–H groups in total. The van der Waals surface area contributed by atoms with Crippen LogP contribution in [-0.4, -0.2) is 16.7 Å². The van der Waals surface area contributed by atoms with Crippen LogP contribution in [0.1, 0.15) is 10.5 Å². The van der Waals surface area contributed by atoms with E-state index in [0.29, 0.717) is 5.69 Å². The minimum atomic E-state index is -0.0873. The van der Waals surface area contributed by atoms with Crippen LogP contribution in [0.2, 0.25) is 0 Å². The van der Waals surface area contributed by atoms with E-state index < -0.39 is 0 Å². The Bertz CT molecular complexity index is 534. The summed E-state index contributed by atoms with van der Waals surface area (Å²) in [6.07, 6.45) is 3.87. The summed E-state index contributed by atoms with van der Waals surface area (Å²) in [6, 6.07) is 11.5. The second kappa shape index (κ2) is 5.10. The van der Waals surface area contributed by atoms with Gasteiger partial charge in [0.15, 0.2) is 0 Å². The van der Waals surface area contributed by atoms with Crippen LogP contribution in [0.3, 0.4) is 0 Å². The topological polar surface area (TPSA) is 34.0 Å². The van der Waals surface area contributed by atoms with Crippen LogP contribution in [0, 0.1) is 0 Å². The molecule has 0 aliphatic rings. The van der Waals surface area contributed by atoms with E-state index in [4.69, 9.17) is 0 Å². The van der Waals surface area contributed by atoms with Gasteiger partial charge in [-0.1, -0.05) is 6.07 Å². The first-order valence-electron chi connectivity index (χ1n) is 5.27. The molecule has 88 valence electrons. The molecule has 1 aromatic heterocycles. The molecule has 2 rings (SSSR count). The van der Waals surface area contributed by atoms with Crippen molar-refractivity contribution in [3.05, 3.63) is 48.3 Å². The molecule has 17 heavy (non-hydrogen) atoms. The van der Waals surface area contributed by atoms with E-state index >= 15 is 0 Å². The largest absolute Gasteiger partial charge is 0.347 e. The standard InChI is InChI=1S/C13H14N2OS/c1-15-8-4-7-12(15)13(16)14-10-5-3-6-11(9-10)17-2/h3-9H,1-2H3,(H,14,16). The number of carbonyl (C=O) groups excluding carboxylic acids is 1. The summed E-state index contributed by atoms with van der Waals surface area (Å²) in [7, 11) is 1.85. The van der Waals surface area contributed by atoms with Gasteiger partial charge in [-0.15, -0.1) is 11.8 Å². The number of amides is 1. The van der Waals surface area contributed by atoms with E-state index in [1.54, 1.807) is 22.4 Å². The fourth-order valence-corrected chi connectivity index (χ4v) is 2.05. The number of nitrogens with zero attached hydrogens (tertiary/aromatic N) is 1. The Morgan fingerprint density at radius 2 is 2.12 bits per heavy atom. The lowest BCUT2D eigenvalue weighted by molar-refractivity contribution is 0.101. The zero-order chi connectivity index (χ0) is 12.3. The number of nitrogens with one attached hydrogen (secondary N) is 1. The highest BCUT2D eigenvalue weighted by molar-refractivity contribution is 7.98. The molecule has 0 unspecified atom stereocenters. The third-order valence-electron chi connectivity index (χ3n) is 2.50. The molecule has 4 heteroatoms. The Balaban J connectivity index is 2.16. The lowest BCUT2D eigenvalue weighted by atomic mass is 10.3. The van der Waals surface area contributed by atoms with Crippen molar-refractivity contribution in [3.8, 4) is 0 Å². The number of hydrogen-bond acceptors (Lipinski definition) is 2. The predicted octanol–water partition coefficient (Wildman–Crippen LogP) is 3.00. The van der Waals surface area contributed by atoms with Gasteiger partial charge < -0.3 is 9.88 Å². The fraction of sp³-hybridized carbons (Fsp3) is 0.154. The summed E-state index contributed by atoms with van der Waals surface area (Å²) in [5.74, 6) is -0.0873. The van der Waals surface area contributed by atoms with E-state index in [1.807, 2.05) is 49.8 Å². The van der Waals surface area contributed by atoms with Gasteiger partial charge in [-0.05, 0) is 36.6 Å². The van der Waals surface area contributed by atoms with Crippen LogP contribution >= 0.6 is 11.8 Å². The molecule has 0 fully saturated rings. The van der Waals surface area contributed by atoms with Gasteiger partial charge in [0.05, 0.1) is 0 Å². The number of rotatable bonds is 3. The Morgan fingerprint density at radius 3 is 2.76 bits per heavy atom. The second-order valence-electron chi connectivity index (χ2n) is 3.69. The molecule has 0 saturated heterocycles.